The summed E-state index contributed by atoms with van der Waals surface area (Å²) in [6.07, 6.45) is 5.62. The fraction of sp³-hybridized carbons (Fsp3) is 0.467. The minimum Gasteiger partial charge on any atom is -0.351 e. The predicted molar refractivity (Wildman–Crippen MR) is 89.9 cm³/mol. The highest BCUT2D eigenvalue weighted by molar-refractivity contribution is 7.18. The van der Waals surface area contributed by atoms with Crippen molar-refractivity contribution in [2.75, 3.05) is 30.4 Å². The second-order valence-electron chi connectivity index (χ2n) is 5.32. The molecule has 1 aliphatic heterocycles. The lowest BCUT2D eigenvalue weighted by Crippen LogP contribution is -2.35. The normalized spacial score (nSPS) is 16.0. The standard InChI is InChI=1S/C15H21N5S/c1-3-7-16-15-17-12-11(2)10-21-13(12)14(18-15)19-20-8-5-4-6-9-20/h3,10H,1,4-9H2,2H3,(H2,16,17,18,19). The van der Waals surface area contributed by atoms with Gasteiger partial charge < -0.3 is 10.7 Å². The van der Waals surface area contributed by atoms with Gasteiger partial charge in [-0.15, -0.1) is 17.9 Å². The Labute approximate surface area is 129 Å². The Balaban J connectivity index is 1.92. The Hall–Kier alpha value is -1.66. The summed E-state index contributed by atoms with van der Waals surface area (Å²) in [5.74, 6) is 1.56. The molecule has 3 rings (SSSR count). The Morgan fingerprint density at radius 1 is 1.33 bits per heavy atom. The lowest BCUT2D eigenvalue weighted by atomic mass is 10.2. The SMILES string of the molecule is C=CCNc1nc(NN2CCCCC2)c2scc(C)c2n1. The molecule has 5 nitrogen and oxygen atoms in total. The molecule has 3 heterocycles. The van der Waals surface area contributed by atoms with Gasteiger partial charge in [-0.05, 0) is 30.7 Å². The summed E-state index contributed by atoms with van der Waals surface area (Å²) in [5.41, 5.74) is 5.70. The number of piperidine rings is 1. The van der Waals surface area contributed by atoms with Gasteiger partial charge in [-0.2, -0.15) is 4.98 Å². The zero-order valence-electron chi connectivity index (χ0n) is 12.4. The van der Waals surface area contributed by atoms with Gasteiger partial charge in [-0.25, -0.2) is 9.99 Å². The highest BCUT2D eigenvalue weighted by Gasteiger charge is 2.15. The molecule has 0 spiro atoms. The first kappa shape index (κ1) is 14.3. The van der Waals surface area contributed by atoms with E-state index in [1.54, 1.807) is 11.3 Å². The van der Waals surface area contributed by atoms with Crippen LogP contribution in [0.1, 0.15) is 24.8 Å². The number of anilines is 2. The molecule has 2 aromatic rings. The van der Waals surface area contributed by atoms with Gasteiger partial charge in [0, 0.05) is 19.6 Å². The van der Waals surface area contributed by atoms with E-state index >= 15 is 0 Å². The highest BCUT2D eigenvalue weighted by atomic mass is 32.1. The molecule has 0 aliphatic carbocycles. The number of rotatable bonds is 5. The predicted octanol–water partition coefficient (Wildman–Crippen LogP) is 3.41. The molecular formula is C15H21N5S. The number of hydrogen-bond acceptors (Lipinski definition) is 6. The zero-order valence-corrected chi connectivity index (χ0v) is 13.2. The van der Waals surface area contributed by atoms with Crippen LogP contribution in [0.3, 0.4) is 0 Å². The van der Waals surface area contributed by atoms with Crippen molar-refractivity contribution in [2.45, 2.75) is 26.2 Å². The fourth-order valence-corrected chi connectivity index (χ4v) is 3.43. The van der Waals surface area contributed by atoms with E-state index in [0.717, 1.165) is 29.1 Å². The van der Waals surface area contributed by atoms with Gasteiger partial charge >= 0.3 is 0 Å². The van der Waals surface area contributed by atoms with Gasteiger partial charge in [0.2, 0.25) is 5.95 Å². The average molecular weight is 303 g/mol. The number of thiophene rings is 1. The third-order valence-electron chi connectivity index (χ3n) is 3.62. The van der Waals surface area contributed by atoms with Crippen LogP contribution in [-0.4, -0.2) is 34.6 Å². The molecule has 1 fully saturated rings. The number of hydrogen-bond donors (Lipinski definition) is 2. The van der Waals surface area contributed by atoms with Crippen LogP contribution >= 0.6 is 11.3 Å². The molecule has 2 aromatic heterocycles. The van der Waals surface area contributed by atoms with Gasteiger partial charge in [-0.1, -0.05) is 12.5 Å². The largest absolute Gasteiger partial charge is 0.351 e. The van der Waals surface area contributed by atoms with Crippen molar-refractivity contribution in [1.82, 2.24) is 15.0 Å². The first-order valence-electron chi connectivity index (χ1n) is 7.40. The van der Waals surface area contributed by atoms with Gasteiger partial charge in [0.25, 0.3) is 0 Å². The molecular weight excluding hydrogens is 282 g/mol. The molecule has 0 aromatic carbocycles. The Bertz CT molecular complexity index is 630. The first-order chi connectivity index (χ1) is 10.3. The van der Waals surface area contributed by atoms with Gasteiger partial charge in [0.15, 0.2) is 5.82 Å². The van der Waals surface area contributed by atoms with Gasteiger partial charge in [0.05, 0.1) is 10.2 Å². The minimum absolute atomic E-state index is 0.656. The maximum absolute atomic E-state index is 4.63. The first-order valence-corrected chi connectivity index (χ1v) is 8.28. The van der Waals surface area contributed by atoms with E-state index in [4.69, 9.17) is 0 Å². The van der Waals surface area contributed by atoms with Gasteiger partial charge in [-0.3, -0.25) is 0 Å². The molecule has 112 valence electrons. The van der Waals surface area contributed by atoms with Crippen molar-refractivity contribution in [1.29, 1.82) is 0 Å². The van der Waals surface area contributed by atoms with Crippen molar-refractivity contribution in [3.8, 4) is 0 Å². The maximum atomic E-state index is 4.63. The molecule has 0 atom stereocenters. The number of nitrogens with one attached hydrogen (secondary N) is 2. The monoisotopic (exact) mass is 303 g/mol. The van der Waals surface area contributed by atoms with E-state index in [1.165, 1.54) is 24.8 Å². The quantitative estimate of drug-likeness (QED) is 0.829. The van der Waals surface area contributed by atoms with Crippen LogP contribution in [0.15, 0.2) is 18.0 Å². The summed E-state index contributed by atoms with van der Waals surface area (Å²) in [7, 11) is 0. The molecule has 0 saturated carbocycles. The third kappa shape index (κ3) is 3.16. The van der Waals surface area contributed by atoms with Crippen LogP contribution in [0.25, 0.3) is 10.2 Å². The maximum Gasteiger partial charge on any atom is 0.225 e. The molecule has 2 N–H and O–H groups in total. The van der Waals surface area contributed by atoms with Crippen molar-refractivity contribution < 1.29 is 0 Å². The van der Waals surface area contributed by atoms with Crippen molar-refractivity contribution in [3.05, 3.63) is 23.6 Å². The Morgan fingerprint density at radius 3 is 2.90 bits per heavy atom. The number of nitrogens with zero attached hydrogens (tertiary/aromatic N) is 3. The summed E-state index contributed by atoms with van der Waals surface area (Å²) >= 11 is 1.70. The van der Waals surface area contributed by atoms with Gasteiger partial charge in [0.1, 0.15) is 0 Å². The van der Waals surface area contributed by atoms with Crippen LogP contribution in [0.5, 0.6) is 0 Å². The summed E-state index contributed by atoms with van der Waals surface area (Å²) in [4.78, 5) is 9.24. The molecule has 0 radical (unpaired) electrons. The number of hydrazine groups is 1. The van der Waals surface area contributed by atoms with E-state index in [0.29, 0.717) is 12.5 Å². The lowest BCUT2D eigenvalue weighted by molar-refractivity contribution is 0.272. The Morgan fingerprint density at radius 2 is 2.14 bits per heavy atom. The summed E-state index contributed by atoms with van der Waals surface area (Å²) in [6.45, 7) is 8.63. The van der Waals surface area contributed by atoms with Crippen LogP contribution in [0.2, 0.25) is 0 Å². The highest BCUT2D eigenvalue weighted by Crippen LogP contribution is 2.31. The molecule has 6 heteroatoms. The summed E-state index contributed by atoms with van der Waals surface area (Å²) in [6, 6.07) is 0. The molecule has 1 saturated heterocycles. The van der Waals surface area contributed by atoms with Crippen LogP contribution in [0.4, 0.5) is 11.8 Å². The number of aromatic nitrogens is 2. The third-order valence-corrected chi connectivity index (χ3v) is 4.71. The summed E-state index contributed by atoms with van der Waals surface area (Å²) < 4.78 is 1.13. The van der Waals surface area contributed by atoms with Crippen LogP contribution < -0.4 is 10.7 Å². The van der Waals surface area contributed by atoms with Crippen molar-refractivity contribution in [3.63, 3.8) is 0 Å². The molecule has 21 heavy (non-hydrogen) atoms. The molecule has 1 aliphatic rings. The zero-order chi connectivity index (χ0) is 14.7. The second kappa shape index (κ2) is 6.41. The van der Waals surface area contributed by atoms with E-state index in [9.17, 15) is 0 Å². The van der Waals surface area contributed by atoms with Crippen molar-refractivity contribution >= 4 is 33.3 Å². The topological polar surface area (TPSA) is 53.1 Å². The number of aryl methyl sites for hydroxylation is 1. The fourth-order valence-electron chi connectivity index (χ4n) is 2.51. The van der Waals surface area contributed by atoms with E-state index in [1.807, 2.05) is 6.08 Å². The molecule has 0 bridgehead atoms. The number of fused-ring (bicyclic) bond motifs is 1. The molecule has 0 amide bonds. The summed E-state index contributed by atoms with van der Waals surface area (Å²) in [5, 5.41) is 7.59. The van der Waals surface area contributed by atoms with E-state index < -0.39 is 0 Å². The molecule has 0 unspecified atom stereocenters. The van der Waals surface area contributed by atoms with Crippen LogP contribution in [-0.2, 0) is 0 Å². The smallest absolute Gasteiger partial charge is 0.225 e. The Kier molecular flexibility index (Phi) is 4.36. The van der Waals surface area contributed by atoms with E-state index in [-0.39, 0.29) is 0 Å². The van der Waals surface area contributed by atoms with E-state index in [2.05, 4.69) is 44.6 Å². The average Bonchev–Trinajstić information content (AvgIpc) is 2.88. The van der Waals surface area contributed by atoms with Crippen molar-refractivity contribution in [2.24, 2.45) is 0 Å². The minimum atomic E-state index is 0.656. The lowest BCUT2D eigenvalue weighted by Gasteiger charge is -2.27. The second-order valence-corrected chi connectivity index (χ2v) is 6.20. The van der Waals surface area contributed by atoms with Crippen LogP contribution in [0, 0.1) is 6.92 Å².